The Balaban J connectivity index is 2.31. The first-order chi connectivity index (χ1) is 9.61. The highest BCUT2D eigenvalue weighted by Crippen LogP contribution is 2.28. The van der Waals surface area contributed by atoms with Crippen molar-refractivity contribution in [3.63, 3.8) is 0 Å². The quantitative estimate of drug-likeness (QED) is 0.769. The molecule has 0 saturated heterocycles. The molecule has 106 valence electrons. The zero-order chi connectivity index (χ0) is 14.5. The maximum Gasteiger partial charge on any atom is 0.0205 e. The molecule has 20 heavy (non-hydrogen) atoms. The third kappa shape index (κ3) is 3.49. The summed E-state index contributed by atoms with van der Waals surface area (Å²) in [5.74, 6) is 0. The van der Waals surface area contributed by atoms with Crippen LogP contribution in [-0.2, 0) is 6.54 Å². The monoisotopic (exact) mass is 267 g/mol. The molecule has 1 N–H and O–H groups in total. The lowest BCUT2D eigenvalue weighted by molar-refractivity contribution is 0.675. The molecule has 0 saturated carbocycles. The molecule has 1 heteroatoms. The molecule has 2 aromatic carbocycles. The number of hydrogen-bond donors (Lipinski definition) is 1. The van der Waals surface area contributed by atoms with Crippen LogP contribution in [0.1, 0.15) is 35.6 Å². The van der Waals surface area contributed by atoms with Crippen molar-refractivity contribution in [3.05, 3.63) is 58.7 Å². The maximum atomic E-state index is 3.47. The first-order valence-corrected chi connectivity index (χ1v) is 7.49. The van der Waals surface area contributed by atoms with Crippen molar-refractivity contribution in [1.29, 1.82) is 0 Å². The first-order valence-electron chi connectivity index (χ1n) is 7.49. The van der Waals surface area contributed by atoms with E-state index in [0.29, 0.717) is 0 Å². The molecule has 0 amide bonds. The Morgan fingerprint density at radius 3 is 2.30 bits per heavy atom. The topological polar surface area (TPSA) is 12.0 Å². The third-order valence-corrected chi connectivity index (χ3v) is 3.65. The molecular formula is C19H25N. The van der Waals surface area contributed by atoms with Crippen LogP contribution in [0.5, 0.6) is 0 Å². The highest BCUT2D eigenvalue weighted by molar-refractivity contribution is 5.71. The van der Waals surface area contributed by atoms with Gasteiger partial charge in [-0.15, -0.1) is 0 Å². The second-order valence-corrected chi connectivity index (χ2v) is 5.65. The van der Waals surface area contributed by atoms with Gasteiger partial charge in [-0.3, -0.25) is 0 Å². The van der Waals surface area contributed by atoms with Gasteiger partial charge in [0, 0.05) is 6.54 Å². The van der Waals surface area contributed by atoms with Crippen LogP contribution in [-0.4, -0.2) is 6.54 Å². The van der Waals surface area contributed by atoms with Gasteiger partial charge in [0.2, 0.25) is 0 Å². The fourth-order valence-corrected chi connectivity index (χ4v) is 2.88. The summed E-state index contributed by atoms with van der Waals surface area (Å²) in [5, 5.41) is 3.47. The highest BCUT2D eigenvalue weighted by Gasteiger charge is 2.07. The standard InChI is InChI=1S/C19H25N/c1-5-9-20-13-17-7-6-8-18(12-17)19-15(3)10-14(2)11-16(19)4/h6-8,10-12,20H,5,9,13H2,1-4H3. The normalized spacial score (nSPS) is 10.8. The van der Waals surface area contributed by atoms with Crippen molar-refractivity contribution in [1.82, 2.24) is 5.32 Å². The van der Waals surface area contributed by atoms with E-state index in [-0.39, 0.29) is 0 Å². The summed E-state index contributed by atoms with van der Waals surface area (Å²) in [6, 6.07) is 13.4. The molecule has 0 aromatic heterocycles. The van der Waals surface area contributed by atoms with Crippen molar-refractivity contribution >= 4 is 0 Å². The number of nitrogens with one attached hydrogen (secondary N) is 1. The van der Waals surface area contributed by atoms with E-state index in [1.807, 2.05) is 0 Å². The summed E-state index contributed by atoms with van der Waals surface area (Å²) in [7, 11) is 0. The predicted octanol–water partition coefficient (Wildman–Crippen LogP) is 4.78. The Morgan fingerprint density at radius 1 is 0.950 bits per heavy atom. The number of benzene rings is 2. The average molecular weight is 267 g/mol. The van der Waals surface area contributed by atoms with Gasteiger partial charge in [0.05, 0.1) is 0 Å². The van der Waals surface area contributed by atoms with Crippen LogP contribution in [0.3, 0.4) is 0 Å². The van der Waals surface area contributed by atoms with Crippen LogP contribution in [0.4, 0.5) is 0 Å². The summed E-state index contributed by atoms with van der Waals surface area (Å²) < 4.78 is 0. The molecule has 1 nitrogen and oxygen atoms in total. The molecule has 0 aliphatic carbocycles. The van der Waals surface area contributed by atoms with Gasteiger partial charge >= 0.3 is 0 Å². The van der Waals surface area contributed by atoms with E-state index in [2.05, 4.69) is 69.4 Å². The minimum absolute atomic E-state index is 0.950. The summed E-state index contributed by atoms with van der Waals surface area (Å²) in [5.41, 5.74) is 8.13. The Bertz CT molecular complexity index is 561. The van der Waals surface area contributed by atoms with E-state index >= 15 is 0 Å². The average Bonchev–Trinajstić information content (AvgIpc) is 2.38. The van der Waals surface area contributed by atoms with Crippen LogP contribution in [0, 0.1) is 20.8 Å². The van der Waals surface area contributed by atoms with E-state index in [0.717, 1.165) is 13.1 Å². The number of aryl methyl sites for hydroxylation is 3. The van der Waals surface area contributed by atoms with Crippen molar-refractivity contribution in [2.45, 2.75) is 40.7 Å². The zero-order valence-electron chi connectivity index (χ0n) is 13.1. The molecular weight excluding hydrogens is 242 g/mol. The Morgan fingerprint density at radius 2 is 1.65 bits per heavy atom. The summed E-state index contributed by atoms with van der Waals surface area (Å²) in [4.78, 5) is 0. The minimum atomic E-state index is 0.950. The Kier molecular flexibility index (Phi) is 4.97. The number of hydrogen-bond acceptors (Lipinski definition) is 1. The van der Waals surface area contributed by atoms with E-state index in [4.69, 9.17) is 0 Å². The Labute approximate surface area is 123 Å². The lowest BCUT2D eigenvalue weighted by atomic mass is 9.93. The zero-order valence-corrected chi connectivity index (χ0v) is 13.1. The second-order valence-electron chi connectivity index (χ2n) is 5.65. The molecule has 0 aliphatic rings. The molecule has 0 atom stereocenters. The molecule has 0 radical (unpaired) electrons. The van der Waals surface area contributed by atoms with Crippen LogP contribution in [0.15, 0.2) is 36.4 Å². The van der Waals surface area contributed by atoms with Crippen molar-refractivity contribution in [2.24, 2.45) is 0 Å². The summed E-state index contributed by atoms with van der Waals surface area (Å²) in [6.45, 7) is 10.8. The lowest BCUT2D eigenvalue weighted by Crippen LogP contribution is -2.13. The molecule has 0 aliphatic heterocycles. The van der Waals surface area contributed by atoms with Crippen LogP contribution < -0.4 is 5.32 Å². The first kappa shape index (κ1) is 14.8. The van der Waals surface area contributed by atoms with Gasteiger partial charge in [-0.05, 0) is 67.6 Å². The van der Waals surface area contributed by atoms with E-state index < -0.39 is 0 Å². The van der Waals surface area contributed by atoms with Gasteiger partial charge in [-0.25, -0.2) is 0 Å². The molecule has 0 fully saturated rings. The Hall–Kier alpha value is -1.60. The molecule has 2 aromatic rings. The van der Waals surface area contributed by atoms with Crippen LogP contribution in [0.25, 0.3) is 11.1 Å². The van der Waals surface area contributed by atoms with E-state index in [1.54, 1.807) is 0 Å². The fourth-order valence-electron chi connectivity index (χ4n) is 2.88. The van der Waals surface area contributed by atoms with Gasteiger partial charge in [0.15, 0.2) is 0 Å². The van der Waals surface area contributed by atoms with Crippen LogP contribution in [0.2, 0.25) is 0 Å². The van der Waals surface area contributed by atoms with Gasteiger partial charge in [0.1, 0.15) is 0 Å². The smallest absolute Gasteiger partial charge is 0.0205 e. The van der Waals surface area contributed by atoms with Crippen molar-refractivity contribution in [3.8, 4) is 11.1 Å². The molecule has 0 unspecified atom stereocenters. The molecule has 0 spiro atoms. The van der Waals surface area contributed by atoms with Crippen molar-refractivity contribution < 1.29 is 0 Å². The van der Waals surface area contributed by atoms with Gasteiger partial charge < -0.3 is 5.32 Å². The van der Waals surface area contributed by atoms with Crippen molar-refractivity contribution in [2.75, 3.05) is 6.54 Å². The van der Waals surface area contributed by atoms with Crippen LogP contribution >= 0.6 is 0 Å². The largest absolute Gasteiger partial charge is 0.313 e. The second kappa shape index (κ2) is 6.71. The molecule has 2 rings (SSSR count). The maximum absolute atomic E-state index is 3.47. The molecule has 0 heterocycles. The molecule has 0 bridgehead atoms. The van der Waals surface area contributed by atoms with E-state index in [1.165, 1.54) is 39.8 Å². The van der Waals surface area contributed by atoms with Gasteiger partial charge in [-0.2, -0.15) is 0 Å². The van der Waals surface area contributed by atoms with E-state index in [9.17, 15) is 0 Å². The van der Waals surface area contributed by atoms with Gasteiger partial charge in [-0.1, -0.05) is 42.8 Å². The predicted molar refractivity (Wildman–Crippen MR) is 88.1 cm³/mol. The third-order valence-electron chi connectivity index (χ3n) is 3.65. The lowest BCUT2D eigenvalue weighted by Gasteiger charge is -2.13. The minimum Gasteiger partial charge on any atom is -0.313 e. The summed E-state index contributed by atoms with van der Waals surface area (Å²) in [6.07, 6.45) is 1.18. The van der Waals surface area contributed by atoms with Gasteiger partial charge in [0.25, 0.3) is 0 Å². The fraction of sp³-hybridized carbons (Fsp3) is 0.368. The highest BCUT2D eigenvalue weighted by atomic mass is 14.8. The summed E-state index contributed by atoms with van der Waals surface area (Å²) >= 11 is 0. The SMILES string of the molecule is CCCNCc1cccc(-c2c(C)cc(C)cc2C)c1. The number of rotatable bonds is 5.